The zero-order chi connectivity index (χ0) is 12.1. The van der Waals surface area contributed by atoms with Crippen LogP contribution in [0.4, 0.5) is 0 Å². The van der Waals surface area contributed by atoms with Crippen molar-refractivity contribution in [1.82, 2.24) is 10.3 Å². The fourth-order valence-electron chi connectivity index (χ4n) is 1.73. The van der Waals surface area contributed by atoms with Crippen molar-refractivity contribution in [1.29, 1.82) is 0 Å². The number of hydrogen-bond acceptors (Lipinski definition) is 3. The lowest BCUT2D eigenvalue weighted by molar-refractivity contribution is 0.406. The smallest absolute Gasteiger partial charge is 0.128 e. The Balaban J connectivity index is 0.00000256. The second-order valence-corrected chi connectivity index (χ2v) is 4.57. The first-order valence-corrected chi connectivity index (χ1v) is 5.76. The molecule has 1 aromatic rings. The number of halogens is 1. The molecule has 1 rings (SSSR count). The molecule has 4 heteroatoms. The molecule has 0 aromatic carbocycles. The van der Waals surface area contributed by atoms with E-state index in [4.69, 9.17) is 4.74 Å². The molecule has 3 nitrogen and oxygen atoms in total. The van der Waals surface area contributed by atoms with Gasteiger partial charge in [0, 0.05) is 23.9 Å². The van der Waals surface area contributed by atoms with Crippen molar-refractivity contribution >= 4 is 12.4 Å². The Bertz CT molecular complexity index is 354. The third-order valence-electron chi connectivity index (χ3n) is 2.59. The lowest BCUT2D eigenvalue weighted by Crippen LogP contribution is -2.20. The predicted octanol–water partition coefficient (Wildman–Crippen LogP) is 2.87. The molecule has 0 amide bonds. The van der Waals surface area contributed by atoms with Crippen LogP contribution in [0.1, 0.15) is 30.7 Å². The van der Waals surface area contributed by atoms with Gasteiger partial charge >= 0.3 is 0 Å². The summed E-state index contributed by atoms with van der Waals surface area (Å²) in [5.41, 5.74) is 3.30. The molecule has 1 N–H and O–H groups in total. The normalized spacial score (nSPS) is 10.2. The minimum absolute atomic E-state index is 0. The molecule has 98 valence electrons. The van der Waals surface area contributed by atoms with Crippen molar-refractivity contribution in [3.63, 3.8) is 0 Å². The molecule has 0 radical (unpaired) electrons. The number of aryl methyl sites for hydroxylation is 1. The Kier molecular flexibility index (Phi) is 7.16. The predicted molar refractivity (Wildman–Crippen MR) is 74.1 cm³/mol. The third-order valence-corrected chi connectivity index (χ3v) is 2.59. The highest BCUT2D eigenvalue weighted by Crippen LogP contribution is 2.23. The second-order valence-electron chi connectivity index (χ2n) is 4.57. The van der Waals surface area contributed by atoms with Crippen LogP contribution in [0.5, 0.6) is 5.75 Å². The maximum Gasteiger partial charge on any atom is 0.128 e. The first kappa shape index (κ1) is 16.2. The van der Waals surface area contributed by atoms with E-state index < -0.39 is 0 Å². The van der Waals surface area contributed by atoms with Crippen LogP contribution in [0.2, 0.25) is 0 Å². The number of aromatic nitrogens is 1. The third kappa shape index (κ3) is 4.52. The van der Waals surface area contributed by atoms with Gasteiger partial charge < -0.3 is 10.1 Å². The van der Waals surface area contributed by atoms with Crippen LogP contribution in [0.25, 0.3) is 0 Å². The van der Waals surface area contributed by atoms with Gasteiger partial charge in [0.25, 0.3) is 0 Å². The van der Waals surface area contributed by atoms with E-state index in [1.165, 1.54) is 0 Å². The van der Waals surface area contributed by atoms with Crippen LogP contribution in [-0.2, 0) is 6.54 Å². The van der Waals surface area contributed by atoms with Crippen molar-refractivity contribution in [3.8, 4) is 5.75 Å². The zero-order valence-electron chi connectivity index (χ0n) is 11.3. The summed E-state index contributed by atoms with van der Waals surface area (Å²) in [7, 11) is 1.71. The summed E-state index contributed by atoms with van der Waals surface area (Å²) in [6, 6.07) is 0. The van der Waals surface area contributed by atoms with Crippen molar-refractivity contribution in [2.24, 2.45) is 5.92 Å². The largest absolute Gasteiger partial charge is 0.496 e. The zero-order valence-corrected chi connectivity index (χ0v) is 12.1. The molecule has 0 aliphatic rings. The number of methoxy groups -OCH3 is 1. The van der Waals surface area contributed by atoms with Crippen molar-refractivity contribution in [3.05, 3.63) is 23.0 Å². The number of pyridine rings is 1. The number of nitrogens with one attached hydrogen (secondary N) is 1. The molecule has 0 aliphatic heterocycles. The Morgan fingerprint density at radius 3 is 2.53 bits per heavy atom. The summed E-state index contributed by atoms with van der Waals surface area (Å²) in [5.74, 6) is 1.61. The molecular weight excluding hydrogens is 236 g/mol. The van der Waals surface area contributed by atoms with Gasteiger partial charge in [-0.1, -0.05) is 13.8 Å². The van der Waals surface area contributed by atoms with Crippen LogP contribution < -0.4 is 10.1 Å². The number of nitrogens with zero attached hydrogens (tertiary/aromatic N) is 1. The average Bonchev–Trinajstić information content (AvgIpc) is 2.22. The minimum atomic E-state index is 0. The lowest BCUT2D eigenvalue weighted by atomic mass is 10.1. The van der Waals surface area contributed by atoms with Crippen LogP contribution in [0.15, 0.2) is 6.20 Å². The summed E-state index contributed by atoms with van der Waals surface area (Å²) in [6.45, 7) is 10.3. The van der Waals surface area contributed by atoms with Gasteiger partial charge in [-0.3, -0.25) is 4.98 Å². The van der Waals surface area contributed by atoms with Gasteiger partial charge in [-0.2, -0.15) is 0 Å². The van der Waals surface area contributed by atoms with E-state index in [9.17, 15) is 0 Å². The highest BCUT2D eigenvalue weighted by atomic mass is 35.5. The molecule has 1 aromatic heterocycles. The minimum Gasteiger partial charge on any atom is -0.496 e. The Morgan fingerprint density at radius 1 is 1.35 bits per heavy atom. The van der Waals surface area contributed by atoms with Gasteiger partial charge in [0.15, 0.2) is 0 Å². The molecule has 17 heavy (non-hydrogen) atoms. The molecule has 0 atom stereocenters. The highest BCUT2D eigenvalue weighted by Gasteiger charge is 2.08. The van der Waals surface area contributed by atoms with Crippen LogP contribution >= 0.6 is 12.4 Å². The summed E-state index contributed by atoms with van der Waals surface area (Å²) in [6.07, 6.45) is 1.87. The topological polar surface area (TPSA) is 34.1 Å². The molecule has 0 saturated carbocycles. The fraction of sp³-hybridized carbons (Fsp3) is 0.615. The summed E-state index contributed by atoms with van der Waals surface area (Å²) in [4.78, 5) is 4.44. The standard InChI is InChI=1S/C13H22N2O.ClH/c1-9(2)6-14-8-12-11(4)13(16-5)10(3)7-15-12;/h7,9,14H,6,8H2,1-5H3;1H. The van der Waals surface area contributed by atoms with Crippen LogP contribution in [0, 0.1) is 19.8 Å². The summed E-state index contributed by atoms with van der Waals surface area (Å²) >= 11 is 0. The molecular formula is C13H23ClN2O. The monoisotopic (exact) mass is 258 g/mol. The molecule has 0 aliphatic carbocycles. The summed E-state index contributed by atoms with van der Waals surface area (Å²) < 4.78 is 5.38. The van der Waals surface area contributed by atoms with E-state index in [1.807, 2.05) is 13.1 Å². The Hall–Kier alpha value is -0.800. The lowest BCUT2D eigenvalue weighted by Gasteiger charge is -2.13. The van der Waals surface area contributed by atoms with Gasteiger partial charge in [-0.05, 0) is 26.3 Å². The molecule has 1 heterocycles. The molecule has 0 saturated heterocycles. The number of ether oxygens (including phenoxy) is 1. The number of hydrogen-bond donors (Lipinski definition) is 1. The van der Waals surface area contributed by atoms with E-state index in [1.54, 1.807) is 7.11 Å². The Labute approximate surface area is 110 Å². The second kappa shape index (κ2) is 7.51. The van der Waals surface area contributed by atoms with Crippen LogP contribution in [-0.4, -0.2) is 18.6 Å². The van der Waals surface area contributed by atoms with E-state index in [0.717, 1.165) is 35.7 Å². The van der Waals surface area contributed by atoms with Gasteiger partial charge in [0.2, 0.25) is 0 Å². The van der Waals surface area contributed by atoms with Gasteiger partial charge in [0.05, 0.1) is 12.8 Å². The molecule has 0 bridgehead atoms. The van der Waals surface area contributed by atoms with Crippen molar-refractivity contribution < 1.29 is 4.74 Å². The number of rotatable bonds is 5. The molecule has 0 fully saturated rings. The molecule has 0 spiro atoms. The van der Waals surface area contributed by atoms with Gasteiger partial charge in [-0.15, -0.1) is 12.4 Å². The summed E-state index contributed by atoms with van der Waals surface area (Å²) in [5, 5.41) is 3.39. The van der Waals surface area contributed by atoms with Crippen LogP contribution in [0.3, 0.4) is 0 Å². The highest BCUT2D eigenvalue weighted by molar-refractivity contribution is 5.85. The van der Waals surface area contributed by atoms with E-state index in [-0.39, 0.29) is 12.4 Å². The van der Waals surface area contributed by atoms with E-state index in [2.05, 4.69) is 31.1 Å². The molecule has 0 unspecified atom stereocenters. The van der Waals surface area contributed by atoms with E-state index in [0.29, 0.717) is 5.92 Å². The first-order chi connectivity index (χ1) is 7.56. The maximum absolute atomic E-state index is 5.38. The first-order valence-electron chi connectivity index (χ1n) is 5.76. The Morgan fingerprint density at radius 2 is 2.00 bits per heavy atom. The quantitative estimate of drug-likeness (QED) is 0.882. The van der Waals surface area contributed by atoms with Gasteiger partial charge in [-0.25, -0.2) is 0 Å². The fourth-order valence-corrected chi connectivity index (χ4v) is 1.73. The maximum atomic E-state index is 5.38. The SMILES string of the molecule is COc1c(C)cnc(CNCC(C)C)c1C.Cl. The average molecular weight is 259 g/mol. The van der Waals surface area contributed by atoms with Crippen molar-refractivity contribution in [2.45, 2.75) is 34.2 Å². The van der Waals surface area contributed by atoms with Gasteiger partial charge in [0.1, 0.15) is 5.75 Å². The van der Waals surface area contributed by atoms with E-state index >= 15 is 0 Å². The van der Waals surface area contributed by atoms with Crippen molar-refractivity contribution in [2.75, 3.05) is 13.7 Å².